The molecule has 10 heteroatoms. The Morgan fingerprint density at radius 1 is 1.05 bits per heavy atom. The van der Waals surface area contributed by atoms with Gasteiger partial charge in [0.05, 0.1) is 28.6 Å². The van der Waals surface area contributed by atoms with Gasteiger partial charge in [-0.3, -0.25) is 19.4 Å². The molecule has 3 N–H and O–H groups in total. The van der Waals surface area contributed by atoms with Crippen molar-refractivity contribution >= 4 is 33.5 Å². The number of rotatable bonds is 5. The summed E-state index contributed by atoms with van der Waals surface area (Å²) >= 11 is 0. The fourth-order valence-electron chi connectivity index (χ4n) is 5.23. The van der Waals surface area contributed by atoms with E-state index in [9.17, 15) is 4.79 Å². The van der Waals surface area contributed by atoms with Crippen molar-refractivity contribution in [2.24, 2.45) is 5.92 Å². The first kappa shape index (κ1) is 22.3. The molecule has 0 aliphatic heterocycles. The molecule has 38 heavy (non-hydrogen) atoms. The highest BCUT2D eigenvalue weighted by molar-refractivity contribution is 5.97. The summed E-state index contributed by atoms with van der Waals surface area (Å²) < 4.78 is 1.87. The molecular formula is C28H25N9O. The second-order valence-corrected chi connectivity index (χ2v) is 9.80. The highest BCUT2D eigenvalue weighted by Gasteiger charge is 2.23. The molecule has 5 aromatic heterocycles. The number of aryl methyl sites for hydroxylation is 1. The van der Waals surface area contributed by atoms with Gasteiger partial charge >= 0.3 is 0 Å². The van der Waals surface area contributed by atoms with Gasteiger partial charge in [-0.25, -0.2) is 15.0 Å². The predicted molar refractivity (Wildman–Crippen MR) is 145 cm³/mol. The highest BCUT2D eigenvalue weighted by Crippen LogP contribution is 2.32. The van der Waals surface area contributed by atoms with E-state index in [-0.39, 0.29) is 11.8 Å². The van der Waals surface area contributed by atoms with Gasteiger partial charge in [0, 0.05) is 35.5 Å². The Kier molecular flexibility index (Phi) is 5.24. The van der Waals surface area contributed by atoms with Gasteiger partial charge < -0.3 is 10.3 Å². The number of H-pyrrole nitrogens is 2. The van der Waals surface area contributed by atoms with Crippen molar-refractivity contribution in [2.75, 3.05) is 5.32 Å². The van der Waals surface area contributed by atoms with E-state index in [1.807, 2.05) is 42.0 Å². The molecule has 0 bridgehead atoms. The fourth-order valence-corrected chi connectivity index (χ4v) is 5.23. The van der Waals surface area contributed by atoms with Gasteiger partial charge in [0.15, 0.2) is 11.6 Å². The van der Waals surface area contributed by atoms with Crippen LogP contribution in [0.15, 0.2) is 61.4 Å². The van der Waals surface area contributed by atoms with Gasteiger partial charge in [-0.2, -0.15) is 5.10 Å². The Hall–Kier alpha value is -4.86. The zero-order chi connectivity index (χ0) is 25.6. The predicted octanol–water partition coefficient (Wildman–Crippen LogP) is 5.19. The highest BCUT2D eigenvalue weighted by atomic mass is 16.1. The lowest BCUT2D eigenvalue weighted by Gasteiger charge is -2.11. The normalized spacial score (nSPS) is 14.0. The number of pyridine rings is 2. The quantitative estimate of drug-likeness (QED) is 0.297. The molecular weight excluding hydrogens is 478 g/mol. The van der Waals surface area contributed by atoms with E-state index < -0.39 is 0 Å². The van der Waals surface area contributed by atoms with Crippen molar-refractivity contribution in [3.8, 4) is 28.5 Å². The van der Waals surface area contributed by atoms with Crippen molar-refractivity contribution in [1.82, 2.24) is 39.7 Å². The summed E-state index contributed by atoms with van der Waals surface area (Å²) in [6.07, 6.45) is 13.1. The van der Waals surface area contributed by atoms with Crippen LogP contribution in [0.2, 0.25) is 0 Å². The minimum atomic E-state index is 0.0821. The fraction of sp³-hybridized carbons (Fsp3) is 0.214. The summed E-state index contributed by atoms with van der Waals surface area (Å²) in [6.45, 7) is 1.94. The minimum absolute atomic E-state index is 0.0821. The molecule has 0 radical (unpaired) electrons. The van der Waals surface area contributed by atoms with E-state index in [1.165, 1.54) is 0 Å². The summed E-state index contributed by atoms with van der Waals surface area (Å²) in [6, 6.07) is 9.95. The Bertz CT molecular complexity index is 1810. The van der Waals surface area contributed by atoms with Crippen molar-refractivity contribution in [3.05, 3.63) is 67.1 Å². The van der Waals surface area contributed by atoms with Crippen LogP contribution in [-0.4, -0.2) is 45.6 Å². The molecule has 10 nitrogen and oxygen atoms in total. The minimum Gasteiger partial charge on any atom is -0.336 e. The van der Waals surface area contributed by atoms with Gasteiger partial charge in [0.2, 0.25) is 5.91 Å². The first-order chi connectivity index (χ1) is 18.6. The van der Waals surface area contributed by atoms with E-state index in [0.29, 0.717) is 23.0 Å². The largest absolute Gasteiger partial charge is 0.336 e. The number of hydrogen-bond acceptors (Lipinski definition) is 6. The van der Waals surface area contributed by atoms with Crippen molar-refractivity contribution in [3.63, 3.8) is 0 Å². The summed E-state index contributed by atoms with van der Waals surface area (Å²) in [5.74, 6) is 1.53. The number of hydrogen-bond donors (Lipinski definition) is 3. The smallest absolute Gasteiger partial charge is 0.227 e. The molecule has 1 aliphatic rings. The van der Waals surface area contributed by atoms with Crippen LogP contribution in [0.1, 0.15) is 31.4 Å². The van der Waals surface area contributed by atoms with Crippen LogP contribution >= 0.6 is 0 Å². The standard InChI is InChI=1S/C28H25N9O/c1-16-14-37(15-31-16)27-25-23(8-9-30-27)33-26(34-25)24-21-11-18(6-7-22(21)35-36-24)19-10-20(13-29-12-19)32-28(38)17-4-2-3-5-17/h6-15,17H,2-5H2,1H3,(H,32,38)(H,33,34)(H,35,36). The molecule has 0 unspecified atom stereocenters. The molecule has 0 atom stereocenters. The van der Waals surface area contributed by atoms with E-state index in [4.69, 9.17) is 4.98 Å². The number of amides is 1. The number of benzene rings is 1. The maximum absolute atomic E-state index is 12.6. The molecule has 1 aromatic carbocycles. The topological polar surface area (TPSA) is 130 Å². The lowest BCUT2D eigenvalue weighted by Crippen LogP contribution is -2.20. The lowest BCUT2D eigenvalue weighted by atomic mass is 10.0. The average molecular weight is 504 g/mol. The Labute approximate surface area is 217 Å². The van der Waals surface area contributed by atoms with Crippen molar-refractivity contribution in [2.45, 2.75) is 32.6 Å². The van der Waals surface area contributed by atoms with E-state index in [1.54, 1.807) is 24.9 Å². The molecule has 1 fully saturated rings. The van der Waals surface area contributed by atoms with Crippen LogP contribution < -0.4 is 5.32 Å². The van der Waals surface area contributed by atoms with Crippen molar-refractivity contribution < 1.29 is 4.79 Å². The summed E-state index contributed by atoms with van der Waals surface area (Å²) in [4.78, 5) is 34.1. The number of fused-ring (bicyclic) bond motifs is 2. The molecule has 1 saturated carbocycles. The Balaban J connectivity index is 1.24. The first-order valence-electron chi connectivity index (χ1n) is 12.7. The molecule has 7 rings (SSSR count). The Morgan fingerprint density at radius 3 is 2.79 bits per heavy atom. The molecule has 0 saturated heterocycles. The Morgan fingerprint density at radius 2 is 1.95 bits per heavy atom. The van der Waals surface area contributed by atoms with Crippen LogP contribution in [0.25, 0.3) is 50.4 Å². The van der Waals surface area contributed by atoms with E-state index in [2.05, 4.69) is 41.5 Å². The molecule has 5 heterocycles. The molecule has 1 aliphatic carbocycles. The summed E-state index contributed by atoms with van der Waals surface area (Å²) in [5.41, 5.74) is 6.70. The van der Waals surface area contributed by atoms with Crippen LogP contribution in [0, 0.1) is 12.8 Å². The number of carbonyl (C=O) groups excluding carboxylic acids is 1. The first-order valence-corrected chi connectivity index (χ1v) is 12.7. The maximum Gasteiger partial charge on any atom is 0.227 e. The number of anilines is 1. The SMILES string of the molecule is Cc1cn(-c2nccc3[nH]c(-c4n[nH]c5ccc(-c6cncc(NC(=O)C7CCCC7)c6)cc45)nc23)cn1. The number of nitrogens with one attached hydrogen (secondary N) is 3. The number of nitrogens with zero attached hydrogens (tertiary/aromatic N) is 6. The second kappa shape index (κ2) is 8.91. The molecule has 188 valence electrons. The number of carbonyl (C=O) groups is 1. The van der Waals surface area contributed by atoms with Gasteiger partial charge in [0.1, 0.15) is 17.5 Å². The van der Waals surface area contributed by atoms with Crippen LogP contribution in [0.3, 0.4) is 0 Å². The maximum atomic E-state index is 12.6. The van der Waals surface area contributed by atoms with E-state index >= 15 is 0 Å². The van der Waals surface area contributed by atoms with Crippen LogP contribution in [-0.2, 0) is 4.79 Å². The zero-order valence-electron chi connectivity index (χ0n) is 20.8. The number of aromatic amines is 2. The third kappa shape index (κ3) is 3.90. The number of aromatic nitrogens is 8. The third-order valence-electron chi connectivity index (χ3n) is 7.19. The van der Waals surface area contributed by atoms with Crippen LogP contribution in [0.4, 0.5) is 5.69 Å². The van der Waals surface area contributed by atoms with Gasteiger partial charge in [0.25, 0.3) is 0 Å². The van der Waals surface area contributed by atoms with Gasteiger partial charge in [-0.05, 0) is 49.6 Å². The third-order valence-corrected chi connectivity index (χ3v) is 7.19. The average Bonchev–Trinajstić information content (AvgIpc) is 3.74. The van der Waals surface area contributed by atoms with Gasteiger partial charge in [-0.15, -0.1) is 0 Å². The van der Waals surface area contributed by atoms with Crippen molar-refractivity contribution in [1.29, 1.82) is 0 Å². The zero-order valence-corrected chi connectivity index (χ0v) is 20.8. The molecule has 0 spiro atoms. The second-order valence-electron chi connectivity index (χ2n) is 9.80. The number of imidazole rings is 2. The molecule has 1 amide bonds. The van der Waals surface area contributed by atoms with E-state index in [0.717, 1.165) is 64.4 Å². The summed E-state index contributed by atoms with van der Waals surface area (Å²) in [5, 5.41) is 11.7. The monoisotopic (exact) mass is 503 g/mol. The van der Waals surface area contributed by atoms with Crippen LogP contribution in [0.5, 0.6) is 0 Å². The summed E-state index contributed by atoms with van der Waals surface area (Å²) in [7, 11) is 0. The molecule has 6 aromatic rings. The lowest BCUT2D eigenvalue weighted by molar-refractivity contribution is -0.119. The van der Waals surface area contributed by atoms with Gasteiger partial charge in [-0.1, -0.05) is 18.9 Å².